The van der Waals surface area contributed by atoms with Crippen LogP contribution in [-0.4, -0.2) is 86.1 Å². The van der Waals surface area contributed by atoms with E-state index in [0.29, 0.717) is 34.9 Å². The van der Waals surface area contributed by atoms with E-state index in [-0.39, 0.29) is 42.6 Å². The number of anilines is 1. The molecule has 1 atom stereocenters. The van der Waals surface area contributed by atoms with Gasteiger partial charge in [-0.1, -0.05) is 27.7 Å². The summed E-state index contributed by atoms with van der Waals surface area (Å²) in [6, 6.07) is 6.92. The first-order valence-electron chi connectivity index (χ1n) is 15.6. The Hall–Kier alpha value is -4.61. The van der Waals surface area contributed by atoms with Crippen molar-refractivity contribution in [1.82, 2.24) is 10.2 Å². The lowest BCUT2D eigenvalue weighted by molar-refractivity contribution is -0.145. The molecule has 12 nitrogen and oxygen atoms in total. The van der Waals surface area contributed by atoms with E-state index in [4.69, 9.17) is 14.2 Å². The van der Waals surface area contributed by atoms with Crippen LogP contribution in [0.2, 0.25) is 0 Å². The van der Waals surface area contributed by atoms with Crippen molar-refractivity contribution in [3.8, 4) is 11.5 Å². The van der Waals surface area contributed by atoms with Gasteiger partial charge in [0.1, 0.15) is 17.3 Å². The summed E-state index contributed by atoms with van der Waals surface area (Å²) in [5.41, 5.74) is 2.91. The van der Waals surface area contributed by atoms with Gasteiger partial charge in [0, 0.05) is 43.4 Å². The van der Waals surface area contributed by atoms with Gasteiger partial charge in [-0.05, 0) is 61.4 Å². The summed E-state index contributed by atoms with van der Waals surface area (Å²) in [5, 5.41) is 12.4. The number of amidine groups is 1. The van der Waals surface area contributed by atoms with Crippen LogP contribution in [0.1, 0.15) is 91.3 Å². The summed E-state index contributed by atoms with van der Waals surface area (Å²) < 4.78 is 16.8. The van der Waals surface area contributed by atoms with Crippen molar-refractivity contribution in [2.45, 2.75) is 71.9 Å². The van der Waals surface area contributed by atoms with E-state index in [0.717, 1.165) is 37.1 Å². The molecule has 0 radical (unpaired) electrons. The number of carboxylic acids is 1. The number of hydrogen-bond acceptors (Lipinski definition) is 8. The predicted octanol–water partition coefficient (Wildman–Crippen LogP) is 4.80. The Bertz CT molecular complexity index is 1540. The second kappa shape index (κ2) is 14.2. The van der Waals surface area contributed by atoms with Crippen LogP contribution in [0.4, 0.5) is 10.5 Å². The van der Waals surface area contributed by atoms with Crippen molar-refractivity contribution in [1.29, 1.82) is 0 Å². The molecule has 0 bridgehead atoms. The first-order chi connectivity index (χ1) is 21.8. The Morgan fingerprint density at radius 2 is 1.76 bits per heavy atom. The van der Waals surface area contributed by atoms with Crippen LogP contribution in [0, 0.1) is 0 Å². The monoisotopic (exact) mass is 636 g/mol. The van der Waals surface area contributed by atoms with Crippen molar-refractivity contribution in [2.75, 3.05) is 45.3 Å². The van der Waals surface area contributed by atoms with E-state index >= 15 is 0 Å². The van der Waals surface area contributed by atoms with Crippen LogP contribution in [-0.2, 0) is 21.5 Å². The van der Waals surface area contributed by atoms with Crippen molar-refractivity contribution >= 4 is 35.3 Å². The van der Waals surface area contributed by atoms with Gasteiger partial charge in [-0.3, -0.25) is 9.59 Å². The van der Waals surface area contributed by atoms with Gasteiger partial charge < -0.3 is 34.4 Å². The third kappa shape index (κ3) is 7.27. The van der Waals surface area contributed by atoms with Crippen LogP contribution < -0.4 is 19.7 Å². The lowest BCUT2D eigenvalue weighted by Crippen LogP contribution is -2.32. The van der Waals surface area contributed by atoms with Gasteiger partial charge in [-0.15, -0.1) is 0 Å². The lowest BCUT2D eigenvalue weighted by atomic mass is 9.84. The molecule has 2 aromatic rings. The molecule has 0 aromatic heterocycles. The van der Waals surface area contributed by atoms with Gasteiger partial charge in [0.2, 0.25) is 0 Å². The number of Topliss-reactive ketones (excluding diaryl/α,β-unsaturated/α-hetero) is 1. The van der Waals surface area contributed by atoms with E-state index < -0.39 is 23.6 Å². The highest BCUT2D eigenvalue weighted by molar-refractivity contribution is 6.11. The summed E-state index contributed by atoms with van der Waals surface area (Å²) in [7, 11) is 2.74. The molecule has 46 heavy (non-hydrogen) atoms. The molecule has 1 saturated heterocycles. The fourth-order valence-corrected chi connectivity index (χ4v) is 5.76. The topological polar surface area (TPSA) is 147 Å². The Kier molecular flexibility index (Phi) is 10.6. The van der Waals surface area contributed by atoms with Gasteiger partial charge in [0.15, 0.2) is 11.9 Å². The zero-order valence-corrected chi connectivity index (χ0v) is 27.7. The molecule has 2 aliphatic heterocycles. The number of carboxylic acid groups (broad SMARTS) is 1. The number of hydrogen-bond donors (Lipinski definition) is 2. The molecular formula is C34H44N4O8. The number of aliphatic carboxylic acids is 1. The second-order valence-electron chi connectivity index (χ2n) is 12.4. The average molecular weight is 637 g/mol. The van der Waals surface area contributed by atoms with Crippen molar-refractivity contribution in [3.05, 3.63) is 52.1 Å². The Morgan fingerprint density at radius 1 is 1.07 bits per heavy atom. The first kappa shape index (κ1) is 34.3. The second-order valence-corrected chi connectivity index (χ2v) is 12.4. The van der Waals surface area contributed by atoms with E-state index in [9.17, 15) is 24.3 Å². The molecule has 1 fully saturated rings. The first-order valence-corrected chi connectivity index (χ1v) is 15.6. The molecule has 2 N–H and O–H groups in total. The average Bonchev–Trinajstić information content (AvgIpc) is 3.66. The number of benzene rings is 2. The SMILES string of the molecule is CCOc1cc2c(cc1C(=O)NC)C(=NC(=O)OC)N(CC(=O)c1cc(N3CCCC3)c(OC(CC)C(=O)O)c(C(C)(C)C)c1)C2. The van der Waals surface area contributed by atoms with Crippen molar-refractivity contribution in [2.24, 2.45) is 4.99 Å². The number of aliphatic imine (C=N–C) groups is 1. The highest BCUT2D eigenvalue weighted by atomic mass is 16.5. The maximum Gasteiger partial charge on any atom is 0.435 e. The predicted molar refractivity (Wildman–Crippen MR) is 174 cm³/mol. The van der Waals surface area contributed by atoms with Gasteiger partial charge >= 0.3 is 12.1 Å². The molecule has 4 rings (SSSR count). The van der Waals surface area contributed by atoms with Crippen molar-refractivity contribution in [3.63, 3.8) is 0 Å². The standard InChI is InChI=1S/C34H44N4O8/c1-8-27(32(41)42)46-29-24(34(3,4)5)14-20(15-25(29)37-12-10-11-13-37)26(39)19-38-18-21-16-28(45-9-2)23(31(40)35-6)17-22(21)30(38)36-33(43)44-7/h14-17,27H,8-13,18-19H2,1-7H3,(H,35,40)(H,41,42). The molecule has 0 spiro atoms. The third-order valence-corrected chi connectivity index (χ3v) is 8.14. The van der Waals surface area contributed by atoms with E-state index in [1.54, 1.807) is 36.1 Å². The fraction of sp³-hybridized carbons (Fsp3) is 0.500. The lowest BCUT2D eigenvalue weighted by Gasteiger charge is -2.31. The van der Waals surface area contributed by atoms with Gasteiger partial charge in [0.05, 0.1) is 31.5 Å². The van der Waals surface area contributed by atoms with E-state index in [1.165, 1.54) is 14.2 Å². The molecule has 2 aromatic carbocycles. The fourth-order valence-electron chi connectivity index (χ4n) is 5.76. The normalized spacial score (nSPS) is 15.8. The van der Waals surface area contributed by atoms with Crippen LogP contribution >= 0.6 is 0 Å². The molecule has 2 amide bonds. The van der Waals surface area contributed by atoms with Crippen LogP contribution in [0.5, 0.6) is 11.5 Å². The number of amides is 2. The summed E-state index contributed by atoms with van der Waals surface area (Å²) in [6.07, 6.45) is 0.348. The number of ether oxygens (including phenoxy) is 3. The number of ketones is 1. The molecule has 1 unspecified atom stereocenters. The van der Waals surface area contributed by atoms with Crippen LogP contribution in [0.25, 0.3) is 0 Å². The molecule has 12 heteroatoms. The number of methoxy groups -OCH3 is 1. The number of nitrogens with one attached hydrogen (secondary N) is 1. The molecule has 2 heterocycles. The largest absolute Gasteiger partial charge is 0.493 e. The number of rotatable bonds is 11. The minimum Gasteiger partial charge on any atom is -0.493 e. The zero-order valence-electron chi connectivity index (χ0n) is 27.7. The number of nitrogens with zero attached hydrogens (tertiary/aromatic N) is 3. The number of carbonyl (C=O) groups is 4. The van der Waals surface area contributed by atoms with E-state index in [2.05, 4.69) is 15.2 Å². The van der Waals surface area contributed by atoms with Gasteiger partial charge in [-0.25, -0.2) is 9.59 Å². The van der Waals surface area contributed by atoms with Gasteiger partial charge in [0.25, 0.3) is 5.91 Å². The zero-order chi connectivity index (χ0) is 33.8. The molecular weight excluding hydrogens is 592 g/mol. The maximum atomic E-state index is 14.1. The molecule has 0 saturated carbocycles. The summed E-state index contributed by atoms with van der Waals surface area (Å²) in [6.45, 7) is 11.6. The number of carbonyl (C=O) groups excluding carboxylic acids is 3. The maximum absolute atomic E-state index is 14.1. The number of fused-ring (bicyclic) bond motifs is 1. The third-order valence-electron chi connectivity index (χ3n) is 8.14. The minimum absolute atomic E-state index is 0.125. The Labute approximate surface area is 269 Å². The van der Waals surface area contributed by atoms with Crippen molar-refractivity contribution < 1.29 is 38.5 Å². The smallest absolute Gasteiger partial charge is 0.435 e. The quantitative estimate of drug-likeness (QED) is 0.330. The highest BCUT2D eigenvalue weighted by Crippen LogP contribution is 2.42. The minimum atomic E-state index is -1.05. The summed E-state index contributed by atoms with van der Waals surface area (Å²) >= 11 is 0. The molecule has 248 valence electrons. The molecule has 0 aliphatic carbocycles. The molecule has 2 aliphatic rings. The summed E-state index contributed by atoms with van der Waals surface area (Å²) in [5.74, 6) is -0.563. The Balaban J connectivity index is 1.79. The van der Waals surface area contributed by atoms with Crippen LogP contribution in [0.3, 0.4) is 0 Å². The Morgan fingerprint density at radius 3 is 2.33 bits per heavy atom. The van der Waals surface area contributed by atoms with Crippen LogP contribution in [0.15, 0.2) is 29.3 Å². The van der Waals surface area contributed by atoms with E-state index in [1.807, 2.05) is 27.7 Å². The highest BCUT2D eigenvalue weighted by Gasteiger charge is 2.34. The van der Waals surface area contributed by atoms with Gasteiger partial charge in [-0.2, -0.15) is 4.99 Å². The summed E-state index contributed by atoms with van der Waals surface area (Å²) in [4.78, 5) is 59.2.